The van der Waals surface area contributed by atoms with Crippen molar-refractivity contribution in [2.45, 2.75) is 45.2 Å². The monoisotopic (exact) mass is 305 g/mol. The van der Waals surface area contributed by atoms with E-state index in [2.05, 4.69) is 63.6 Å². The Morgan fingerprint density at radius 2 is 1.95 bits per heavy atom. The molecule has 1 aromatic rings. The molecule has 0 aromatic carbocycles. The van der Waals surface area contributed by atoms with Crippen LogP contribution in [0.2, 0.25) is 0 Å². The number of aromatic nitrogens is 1. The van der Waals surface area contributed by atoms with E-state index in [1.165, 1.54) is 25.7 Å². The molecule has 1 fully saturated rings. The topological polar surface area (TPSA) is 44.6 Å². The van der Waals surface area contributed by atoms with Gasteiger partial charge in [-0.25, -0.2) is 0 Å². The first-order valence-electron chi connectivity index (χ1n) is 8.62. The average molecular weight is 305 g/mol. The van der Waals surface area contributed by atoms with Gasteiger partial charge in [0.2, 0.25) is 0 Å². The third kappa shape index (κ3) is 5.72. The van der Waals surface area contributed by atoms with Crippen molar-refractivity contribution >= 4 is 5.96 Å². The predicted octanol–water partition coefficient (Wildman–Crippen LogP) is 1.92. The number of hydrogen-bond donors (Lipinski definition) is 2. The minimum absolute atomic E-state index is 0.777. The van der Waals surface area contributed by atoms with Crippen molar-refractivity contribution in [3.63, 3.8) is 0 Å². The van der Waals surface area contributed by atoms with Crippen LogP contribution in [0.4, 0.5) is 0 Å². The van der Waals surface area contributed by atoms with Crippen LogP contribution in [-0.2, 0) is 6.54 Å². The van der Waals surface area contributed by atoms with Gasteiger partial charge in [-0.2, -0.15) is 0 Å². The van der Waals surface area contributed by atoms with Gasteiger partial charge in [-0.05, 0) is 38.9 Å². The van der Waals surface area contributed by atoms with E-state index in [0.717, 1.165) is 44.7 Å². The number of guanidine groups is 1. The molecule has 0 unspecified atom stereocenters. The molecule has 0 atom stereocenters. The molecule has 1 heterocycles. The molecule has 1 aliphatic carbocycles. The van der Waals surface area contributed by atoms with Gasteiger partial charge >= 0.3 is 0 Å². The smallest absolute Gasteiger partial charge is 0.191 e. The quantitative estimate of drug-likeness (QED) is 0.570. The van der Waals surface area contributed by atoms with Crippen LogP contribution in [0.3, 0.4) is 0 Å². The SMILES string of the molecule is CCNC(=NCCN(C)C1CCCC1)NCCn1cccc1. The van der Waals surface area contributed by atoms with E-state index in [9.17, 15) is 0 Å². The van der Waals surface area contributed by atoms with Crippen molar-refractivity contribution in [2.75, 3.05) is 33.2 Å². The first-order chi connectivity index (χ1) is 10.8. The van der Waals surface area contributed by atoms with Crippen molar-refractivity contribution in [3.05, 3.63) is 24.5 Å². The molecule has 5 heteroatoms. The lowest BCUT2D eigenvalue weighted by atomic mass is 10.2. The Morgan fingerprint density at radius 1 is 1.23 bits per heavy atom. The minimum Gasteiger partial charge on any atom is -0.357 e. The van der Waals surface area contributed by atoms with Crippen molar-refractivity contribution in [1.29, 1.82) is 0 Å². The number of aliphatic imine (C=N–C) groups is 1. The zero-order valence-electron chi connectivity index (χ0n) is 14.1. The van der Waals surface area contributed by atoms with Gasteiger partial charge in [0.15, 0.2) is 5.96 Å². The highest BCUT2D eigenvalue weighted by Gasteiger charge is 2.18. The molecule has 2 rings (SSSR count). The summed E-state index contributed by atoms with van der Waals surface area (Å²) in [5.41, 5.74) is 0. The number of nitrogens with zero attached hydrogens (tertiary/aromatic N) is 3. The molecule has 22 heavy (non-hydrogen) atoms. The van der Waals surface area contributed by atoms with E-state index in [-0.39, 0.29) is 0 Å². The van der Waals surface area contributed by atoms with Crippen LogP contribution in [0.15, 0.2) is 29.5 Å². The summed E-state index contributed by atoms with van der Waals surface area (Å²) in [7, 11) is 2.23. The van der Waals surface area contributed by atoms with Gasteiger partial charge in [-0.1, -0.05) is 12.8 Å². The molecule has 1 aliphatic rings. The van der Waals surface area contributed by atoms with Crippen LogP contribution >= 0.6 is 0 Å². The summed E-state index contributed by atoms with van der Waals surface area (Å²) in [4.78, 5) is 7.16. The highest BCUT2D eigenvalue weighted by Crippen LogP contribution is 2.21. The molecule has 124 valence electrons. The van der Waals surface area contributed by atoms with Gasteiger partial charge in [0.25, 0.3) is 0 Å². The molecule has 1 aromatic heterocycles. The normalized spacial score (nSPS) is 16.4. The number of rotatable bonds is 8. The van der Waals surface area contributed by atoms with Gasteiger partial charge in [-0.3, -0.25) is 4.99 Å². The fourth-order valence-electron chi connectivity index (χ4n) is 3.01. The molecule has 2 N–H and O–H groups in total. The number of hydrogen-bond acceptors (Lipinski definition) is 2. The fraction of sp³-hybridized carbons (Fsp3) is 0.706. The molecule has 0 bridgehead atoms. The Balaban J connectivity index is 1.69. The summed E-state index contributed by atoms with van der Waals surface area (Å²) in [6.07, 6.45) is 9.67. The molecule has 5 nitrogen and oxygen atoms in total. The maximum absolute atomic E-state index is 4.69. The zero-order valence-corrected chi connectivity index (χ0v) is 14.1. The van der Waals surface area contributed by atoms with Gasteiger partial charge < -0.3 is 20.1 Å². The summed E-state index contributed by atoms with van der Waals surface area (Å²) < 4.78 is 2.17. The summed E-state index contributed by atoms with van der Waals surface area (Å²) >= 11 is 0. The van der Waals surface area contributed by atoms with Gasteiger partial charge in [0, 0.05) is 44.6 Å². The van der Waals surface area contributed by atoms with E-state index in [4.69, 9.17) is 0 Å². The maximum atomic E-state index is 4.69. The van der Waals surface area contributed by atoms with E-state index < -0.39 is 0 Å². The second-order valence-corrected chi connectivity index (χ2v) is 6.03. The predicted molar refractivity (Wildman–Crippen MR) is 93.3 cm³/mol. The lowest BCUT2D eigenvalue weighted by Gasteiger charge is -2.23. The van der Waals surface area contributed by atoms with Crippen molar-refractivity contribution < 1.29 is 0 Å². The van der Waals surface area contributed by atoms with Crippen LogP contribution < -0.4 is 10.6 Å². The largest absolute Gasteiger partial charge is 0.357 e. The van der Waals surface area contributed by atoms with E-state index >= 15 is 0 Å². The number of nitrogens with one attached hydrogen (secondary N) is 2. The molecule has 1 saturated carbocycles. The minimum atomic E-state index is 0.777. The third-order valence-corrected chi connectivity index (χ3v) is 4.34. The van der Waals surface area contributed by atoms with Crippen molar-refractivity contribution in [3.8, 4) is 0 Å². The van der Waals surface area contributed by atoms with Crippen LogP contribution in [-0.4, -0.2) is 54.7 Å². The maximum Gasteiger partial charge on any atom is 0.191 e. The standard InChI is InChI=1S/C17H31N5/c1-3-18-17(20-11-15-22-12-6-7-13-22)19-10-14-21(2)16-8-4-5-9-16/h6-7,12-13,16H,3-5,8-11,14-15H2,1-2H3,(H2,18,19,20). The van der Waals surface area contributed by atoms with Crippen molar-refractivity contribution in [1.82, 2.24) is 20.1 Å². The second kappa shape index (κ2) is 9.51. The van der Waals surface area contributed by atoms with E-state index in [1.807, 2.05) is 0 Å². The Bertz CT molecular complexity index is 420. The number of likely N-dealkylation sites (N-methyl/N-ethyl adjacent to an activating group) is 1. The summed E-state index contributed by atoms with van der Waals surface area (Å²) in [6, 6.07) is 4.88. The molecule has 0 amide bonds. The van der Waals surface area contributed by atoms with Crippen LogP contribution in [0.1, 0.15) is 32.6 Å². The van der Waals surface area contributed by atoms with Crippen molar-refractivity contribution in [2.24, 2.45) is 4.99 Å². The van der Waals surface area contributed by atoms with Crippen LogP contribution in [0.25, 0.3) is 0 Å². The fourth-order valence-corrected chi connectivity index (χ4v) is 3.01. The Hall–Kier alpha value is -1.49. The highest BCUT2D eigenvalue weighted by molar-refractivity contribution is 5.79. The Morgan fingerprint density at radius 3 is 2.64 bits per heavy atom. The Labute approximate surface area is 134 Å². The van der Waals surface area contributed by atoms with Crippen LogP contribution in [0.5, 0.6) is 0 Å². The average Bonchev–Trinajstić information content (AvgIpc) is 3.20. The first kappa shape index (κ1) is 16.9. The molecule has 0 aliphatic heterocycles. The zero-order chi connectivity index (χ0) is 15.6. The Kier molecular flexibility index (Phi) is 7.30. The van der Waals surface area contributed by atoms with Gasteiger partial charge in [-0.15, -0.1) is 0 Å². The molecule has 0 radical (unpaired) electrons. The van der Waals surface area contributed by atoms with Gasteiger partial charge in [0.05, 0.1) is 6.54 Å². The van der Waals surface area contributed by atoms with E-state index in [1.54, 1.807) is 0 Å². The van der Waals surface area contributed by atoms with E-state index in [0.29, 0.717) is 0 Å². The molecule has 0 saturated heterocycles. The lowest BCUT2D eigenvalue weighted by Crippen LogP contribution is -2.39. The van der Waals surface area contributed by atoms with Crippen LogP contribution in [0, 0.1) is 0 Å². The highest BCUT2D eigenvalue weighted by atomic mass is 15.2. The summed E-state index contributed by atoms with van der Waals surface area (Å²) in [6.45, 7) is 6.74. The summed E-state index contributed by atoms with van der Waals surface area (Å²) in [5, 5.41) is 6.72. The first-order valence-corrected chi connectivity index (χ1v) is 8.62. The van der Waals surface area contributed by atoms with Gasteiger partial charge in [0.1, 0.15) is 0 Å². The third-order valence-electron chi connectivity index (χ3n) is 4.34. The summed E-state index contributed by atoms with van der Waals surface area (Å²) in [5.74, 6) is 0.925. The second-order valence-electron chi connectivity index (χ2n) is 6.03. The molecule has 0 spiro atoms. The lowest BCUT2D eigenvalue weighted by molar-refractivity contribution is 0.252. The molecular formula is C17H31N5. The molecular weight excluding hydrogens is 274 g/mol.